The van der Waals surface area contributed by atoms with E-state index in [2.05, 4.69) is 15.6 Å². The average molecular weight is 349 g/mol. The maximum atomic E-state index is 11.8. The molecule has 0 fully saturated rings. The molecular weight excluding hydrogens is 330 g/mol. The summed E-state index contributed by atoms with van der Waals surface area (Å²) < 4.78 is 6.10. The zero-order valence-electron chi connectivity index (χ0n) is 13.5. The molecule has 0 aliphatic heterocycles. The van der Waals surface area contributed by atoms with Gasteiger partial charge in [0.1, 0.15) is 0 Å². The number of nitrogens with one attached hydrogen (secondary N) is 2. The number of para-hydroxylation sites is 1. The summed E-state index contributed by atoms with van der Waals surface area (Å²) in [5.41, 5.74) is 0.903. The quantitative estimate of drug-likeness (QED) is 0.778. The lowest BCUT2D eigenvalue weighted by molar-refractivity contribution is -0.154. The van der Waals surface area contributed by atoms with Crippen LogP contribution in [0.4, 0.5) is 4.79 Å². The molecule has 3 amide bonds. The fraction of sp³-hybridized carbons (Fsp3) is 0.375. The summed E-state index contributed by atoms with van der Waals surface area (Å²) in [5.74, 6) is -1.16. The van der Waals surface area contributed by atoms with Gasteiger partial charge in [0.2, 0.25) is 0 Å². The second kappa shape index (κ2) is 8.39. The molecule has 0 bridgehead atoms. The number of hydrogen-bond acceptors (Lipinski definition) is 6. The summed E-state index contributed by atoms with van der Waals surface area (Å²) in [5, 5.41) is 5.37. The first-order chi connectivity index (χ1) is 11.5. The first-order valence-electron chi connectivity index (χ1n) is 7.62. The van der Waals surface area contributed by atoms with E-state index in [1.54, 1.807) is 6.92 Å². The number of nitrogens with zero attached hydrogens (tertiary/aromatic N) is 1. The lowest BCUT2D eigenvalue weighted by Crippen LogP contribution is -2.44. The molecule has 8 heteroatoms. The minimum Gasteiger partial charge on any atom is -0.453 e. The summed E-state index contributed by atoms with van der Waals surface area (Å²) in [6.07, 6.45) is -0.461. The number of fused-ring (bicyclic) bond motifs is 1. The van der Waals surface area contributed by atoms with Crippen molar-refractivity contribution in [1.82, 2.24) is 15.6 Å². The number of imide groups is 1. The van der Waals surface area contributed by atoms with Crippen molar-refractivity contribution in [1.29, 1.82) is 0 Å². The first kappa shape index (κ1) is 17.9. The van der Waals surface area contributed by atoms with Crippen LogP contribution in [0.15, 0.2) is 24.3 Å². The summed E-state index contributed by atoms with van der Waals surface area (Å²) in [6.45, 7) is 3.55. The number of carbonyl (C=O) groups is 3. The molecule has 2 aromatic rings. The molecule has 0 aliphatic carbocycles. The molecule has 0 radical (unpaired) electrons. The van der Waals surface area contributed by atoms with Crippen LogP contribution in [0.25, 0.3) is 10.2 Å². The van der Waals surface area contributed by atoms with Gasteiger partial charge in [0.05, 0.1) is 21.6 Å². The lowest BCUT2D eigenvalue weighted by atomic mass is 10.3. The fourth-order valence-electron chi connectivity index (χ4n) is 1.96. The van der Waals surface area contributed by atoms with Crippen molar-refractivity contribution < 1.29 is 19.1 Å². The van der Waals surface area contributed by atoms with Crippen LogP contribution in [0.1, 0.15) is 25.3 Å². The first-order valence-corrected chi connectivity index (χ1v) is 8.44. The Balaban J connectivity index is 1.79. The molecule has 1 atom stereocenters. The number of rotatable bonds is 6. The number of aromatic nitrogens is 1. The van der Waals surface area contributed by atoms with Crippen molar-refractivity contribution in [3.05, 3.63) is 29.3 Å². The SMILES string of the molecule is CCNC(=O)NC(=O)[C@@H](C)OC(=O)CCc1nc2ccccc2s1. The number of benzene rings is 1. The van der Waals surface area contributed by atoms with Gasteiger partial charge >= 0.3 is 12.0 Å². The topological polar surface area (TPSA) is 97.4 Å². The maximum absolute atomic E-state index is 11.8. The highest BCUT2D eigenvalue weighted by Crippen LogP contribution is 2.22. The molecule has 0 unspecified atom stereocenters. The molecule has 0 saturated heterocycles. The predicted molar refractivity (Wildman–Crippen MR) is 90.7 cm³/mol. The molecule has 128 valence electrons. The Bertz CT molecular complexity index is 711. The molecule has 2 rings (SSSR count). The minimum absolute atomic E-state index is 0.124. The maximum Gasteiger partial charge on any atom is 0.321 e. The molecule has 2 N–H and O–H groups in total. The monoisotopic (exact) mass is 349 g/mol. The lowest BCUT2D eigenvalue weighted by Gasteiger charge is -2.12. The van der Waals surface area contributed by atoms with Gasteiger partial charge in [-0.15, -0.1) is 11.3 Å². The normalized spacial score (nSPS) is 11.8. The van der Waals surface area contributed by atoms with E-state index in [1.165, 1.54) is 18.3 Å². The Hall–Kier alpha value is -2.48. The van der Waals surface area contributed by atoms with E-state index in [9.17, 15) is 14.4 Å². The molecular formula is C16H19N3O4S. The van der Waals surface area contributed by atoms with Gasteiger partial charge in [-0.3, -0.25) is 14.9 Å². The van der Waals surface area contributed by atoms with Crippen LogP contribution in [-0.2, 0) is 20.7 Å². The number of hydrogen-bond donors (Lipinski definition) is 2. The number of esters is 1. The van der Waals surface area contributed by atoms with E-state index in [4.69, 9.17) is 4.74 Å². The van der Waals surface area contributed by atoms with Gasteiger partial charge in [0, 0.05) is 13.0 Å². The Labute approximate surface area is 143 Å². The average Bonchev–Trinajstić information content (AvgIpc) is 2.96. The van der Waals surface area contributed by atoms with Gasteiger partial charge in [0.15, 0.2) is 6.10 Å². The van der Waals surface area contributed by atoms with Crippen molar-refractivity contribution in [2.75, 3.05) is 6.54 Å². The van der Waals surface area contributed by atoms with Gasteiger partial charge in [-0.2, -0.15) is 0 Å². The summed E-state index contributed by atoms with van der Waals surface area (Å²) in [7, 11) is 0. The van der Waals surface area contributed by atoms with Gasteiger partial charge < -0.3 is 10.1 Å². The Kier molecular flexibility index (Phi) is 6.25. The van der Waals surface area contributed by atoms with Crippen molar-refractivity contribution in [3.8, 4) is 0 Å². The third-order valence-corrected chi connectivity index (χ3v) is 4.23. The molecule has 1 aromatic carbocycles. The van der Waals surface area contributed by atoms with Crippen molar-refractivity contribution in [2.45, 2.75) is 32.8 Å². The van der Waals surface area contributed by atoms with Crippen LogP contribution >= 0.6 is 11.3 Å². The third kappa shape index (κ3) is 5.02. The summed E-state index contributed by atoms with van der Waals surface area (Å²) in [4.78, 5) is 39.2. The highest BCUT2D eigenvalue weighted by atomic mass is 32.1. The fourth-order valence-corrected chi connectivity index (χ4v) is 2.93. The Morgan fingerprint density at radius 3 is 2.75 bits per heavy atom. The number of ether oxygens (including phenoxy) is 1. The second-order valence-corrected chi connectivity index (χ2v) is 6.17. The molecule has 1 aromatic heterocycles. The number of aryl methyl sites for hydroxylation is 1. The summed E-state index contributed by atoms with van der Waals surface area (Å²) >= 11 is 1.53. The molecule has 1 heterocycles. The van der Waals surface area contributed by atoms with E-state index >= 15 is 0 Å². The Morgan fingerprint density at radius 1 is 1.29 bits per heavy atom. The Morgan fingerprint density at radius 2 is 2.04 bits per heavy atom. The number of thiazole rings is 1. The summed E-state index contributed by atoms with van der Waals surface area (Å²) in [6, 6.07) is 7.13. The highest BCUT2D eigenvalue weighted by Gasteiger charge is 2.19. The van der Waals surface area contributed by atoms with E-state index in [-0.39, 0.29) is 6.42 Å². The number of amides is 3. The van der Waals surface area contributed by atoms with E-state index < -0.39 is 24.0 Å². The van der Waals surface area contributed by atoms with Crippen molar-refractivity contribution >= 4 is 39.5 Å². The van der Waals surface area contributed by atoms with Crippen LogP contribution < -0.4 is 10.6 Å². The zero-order chi connectivity index (χ0) is 17.5. The molecule has 0 spiro atoms. The predicted octanol–water partition coefficient (Wildman–Crippen LogP) is 2.01. The standard InChI is InChI=1S/C16H19N3O4S/c1-3-17-16(22)19-15(21)10(2)23-14(20)9-8-13-18-11-6-4-5-7-12(11)24-13/h4-7,10H,3,8-9H2,1-2H3,(H2,17,19,21,22)/t10-/m1/s1. The number of urea groups is 1. The largest absolute Gasteiger partial charge is 0.453 e. The molecule has 0 saturated carbocycles. The number of carbonyl (C=O) groups excluding carboxylic acids is 3. The van der Waals surface area contributed by atoms with Crippen molar-refractivity contribution in [3.63, 3.8) is 0 Å². The van der Waals surface area contributed by atoms with Crippen molar-refractivity contribution in [2.24, 2.45) is 0 Å². The van der Waals surface area contributed by atoms with Crippen LogP contribution in [0.5, 0.6) is 0 Å². The highest BCUT2D eigenvalue weighted by molar-refractivity contribution is 7.18. The van der Waals surface area contributed by atoms with Crippen LogP contribution in [0.3, 0.4) is 0 Å². The van der Waals surface area contributed by atoms with Gasteiger partial charge in [-0.25, -0.2) is 9.78 Å². The van der Waals surface area contributed by atoms with E-state index in [0.717, 1.165) is 15.2 Å². The molecule has 7 nitrogen and oxygen atoms in total. The smallest absolute Gasteiger partial charge is 0.321 e. The van der Waals surface area contributed by atoms with Crippen LogP contribution in [-0.4, -0.2) is 35.5 Å². The second-order valence-electron chi connectivity index (χ2n) is 5.06. The van der Waals surface area contributed by atoms with Gasteiger partial charge in [-0.1, -0.05) is 12.1 Å². The van der Waals surface area contributed by atoms with Crippen LogP contribution in [0.2, 0.25) is 0 Å². The van der Waals surface area contributed by atoms with Gasteiger partial charge in [0.25, 0.3) is 5.91 Å². The molecule has 0 aliphatic rings. The molecule has 24 heavy (non-hydrogen) atoms. The van der Waals surface area contributed by atoms with E-state index in [1.807, 2.05) is 24.3 Å². The minimum atomic E-state index is -1.03. The van der Waals surface area contributed by atoms with E-state index in [0.29, 0.717) is 13.0 Å². The zero-order valence-corrected chi connectivity index (χ0v) is 14.3. The third-order valence-electron chi connectivity index (χ3n) is 3.13. The van der Waals surface area contributed by atoms with Gasteiger partial charge in [-0.05, 0) is 26.0 Å². The van der Waals surface area contributed by atoms with Crippen LogP contribution in [0, 0.1) is 0 Å².